The Morgan fingerprint density at radius 2 is 1.89 bits per heavy atom. The van der Waals surface area contributed by atoms with Gasteiger partial charge >= 0.3 is 5.97 Å². The van der Waals surface area contributed by atoms with Crippen LogP contribution in [-0.4, -0.2) is 41.8 Å². The van der Waals surface area contributed by atoms with Crippen molar-refractivity contribution in [2.24, 2.45) is 0 Å². The van der Waals surface area contributed by atoms with Crippen molar-refractivity contribution in [1.82, 2.24) is 4.90 Å². The Labute approximate surface area is 166 Å². The molecule has 0 spiro atoms. The summed E-state index contributed by atoms with van der Waals surface area (Å²) >= 11 is 1.63. The van der Waals surface area contributed by atoms with Crippen molar-refractivity contribution in [3.8, 4) is 5.75 Å². The first-order valence-electron chi connectivity index (χ1n) is 9.17. The lowest BCUT2D eigenvalue weighted by atomic mass is 10.0. The van der Waals surface area contributed by atoms with E-state index in [-0.39, 0.29) is 24.9 Å². The van der Waals surface area contributed by atoms with E-state index in [4.69, 9.17) is 9.47 Å². The van der Waals surface area contributed by atoms with Crippen LogP contribution in [0.25, 0.3) is 0 Å². The van der Waals surface area contributed by atoms with Crippen molar-refractivity contribution in [1.29, 1.82) is 0 Å². The molecule has 4 rings (SSSR count). The second-order valence-electron chi connectivity index (χ2n) is 6.71. The third-order valence-corrected chi connectivity index (χ3v) is 6.63. The van der Waals surface area contributed by atoms with Gasteiger partial charge in [-0.05, 0) is 36.2 Å². The summed E-state index contributed by atoms with van der Waals surface area (Å²) in [5, 5.41) is 0. The molecule has 0 aliphatic carbocycles. The molecule has 7 heteroatoms. The fourth-order valence-electron chi connectivity index (χ4n) is 3.74. The number of thioether (sulfide) groups is 1. The molecule has 1 amide bonds. The van der Waals surface area contributed by atoms with Gasteiger partial charge in [0.1, 0.15) is 35.7 Å². The van der Waals surface area contributed by atoms with E-state index in [9.17, 15) is 14.0 Å². The SMILES string of the molecule is O=C(OCCOc1ccc(F)cc1)[C@@H]1CS[C@]2(c3ccccc3)CCC(=O)N12. The maximum absolute atomic E-state index is 12.9. The van der Waals surface area contributed by atoms with Gasteiger partial charge in [-0.25, -0.2) is 9.18 Å². The van der Waals surface area contributed by atoms with E-state index >= 15 is 0 Å². The number of ether oxygens (including phenoxy) is 2. The Bertz CT molecular complexity index is 860. The van der Waals surface area contributed by atoms with Crippen LogP contribution in [-0.2, 0) is 19.2 Å². The number of rotatable bonds is 6. The topological polar surface area (TPSA) is 55.8 Å². The van der Waals surface area contributed by atoms with Crippen LogP contribution in [0.15, 0.2) is 54.6 Å². The fourth-order valence-corrected chi connectivity index (χ4v) is 5.38. The predicted octanol–water partition coefficient (Wildman–Crippen LogP) is 3.34. The standard InChI is InChI=1S/C21H20FNO4S/c22-16-6-8-17(9-7-16)26-12-13-27-20(25)18-14-28-21(11-10-19(24)23(18)21)15-4-2-1-3-5-15/h1-9,18H,10-14H2/t18-,21-/m0/s1. The maximum atomic E-state index is 12.9. The summed E-state index contributed by atoms with van der Waals surface area (Å²) < 4.78 is 23.7. The lowest BCUT2D eigenvalue weighted by Crippen LogP contribution is -2.46. The minimum atomic E-state index is -0.592. The first-order valence-corrected chi connectivity index (χ1v) is 10.2. The molecule has 0 aromatic heterocycles. The molecule has 2 aromatic rings. The molecule has 2 aliphatic rings. The average Bonchev–Trinajstić information content (AvgIpc) is 3.26. The van der Waals surface area contributed by atoms with Crippen LogP contribution in [0.1, 0.15) is 18.4 Å². The summed E-state index contributed by atoms with van der Waals surface area (Å²) in [5.74, 6) is 0.251. The molecule has 0 saturated carbocycles. The monoisotopic (exact) mass is 401 g/mol. The summed E-state index contributed by atoms with van der Waals surface area (Å²) in [4.78, 5) is 26.4. The summed E-state index contributed by atoms with van der Waals surface area (Å²) in [7, 11) is 0. The van der Waals surface area contributed by atoms with Gasteiger partial charge in [-0.1, -0.05) is 30.3 Å². The molecule has 2 aliphatic heterocycles. The highest BCUT2D eigenvalue weighted by Crippen LogP contribution is 2.54. The van der Waals surface area contributed by atoms with Crippen molar-refractivity contribution in [2.75, 3.05) is 19.0 Å². The van der Waals surface area contributed by atoms with Gasteiger partial charge in [-0.3, -0.25) is 4.79 Å². The number of esters is 1. The number of benzene rings is 2. The number of amides is 1. The molecular formula is C21H20FNO4S. The summed E-state index contributed by atoms with van der Waals surface area (Å²) in [6.45, 7) is 0.229. The maximum Gasteiger partial charge on any atom is 0.329 e. The van der Waals surface area contributed by atoms with Crippen LogP contribution in [0.5, 0.6) is 5.75 Å². The van der Waals surface area contributed by atoms with Crippen LogP contribution >= 0.6 is 11.8 Å². The van der Waals surface area contributed by atoms with Crippen molar-refractivity contribution in [3.05, 3.63) is 66.0 Å². The molecule has 2 atom stereocenters. The molecular weight excluding hydrogens is 381 g/mol. The lowest BCUT2D eigenvalue weighted by molar-refractivity contribution is -0.154. The Balaban J connectivity index is 1.37. The van der Waals surface area contributed by atoms with Gasteiger partial charge in [-0.15, -0.1) is 11.8 Å². The highest BCUT2D eigenvalue weighted by molar-refractivity contribution is 8.00. The number of halogens is 1. The largest absolute Gasteiger partial charge is 0.490 e. The number of carbonyl (C=O) groups is 2. The molecule has 2 saturated heterocycles. The Morgan fingerprint density at radius 3 is 2.64 bits per heavy atom. The smallest absolute Gasteiger partial charge is 0.329 e. The van der Waals surface area contributed by atoms with E-state index < -0.39 is 16.9 Å². The molecule has 0 bridgehead atoms. The molecule has 28 heavy (non-hydrogen) atoms. The van der Waals surface area contributed by atoms with Crippen LogP contribution in [0.2, 0.25) is 0 Å². The van der Waals surface area contributed by atoms with Crippen LogP contribution < -0.4 is 4.74 Å². The van der Waals surface area contributed by atoms with Crippen LogP contribution in [0, 0.1) is 5.82 Å². The second-order valence-corrected chi connectivity index (χ2v) is 8.01. The minimum absolute atomic E-state index is 0.0154. The lowest BCUT2D eigenvalue weighted by Gasteiger charge is -2.33. The Hall–Kier alpha value is -2.54. The average molecular weight is 401 g/mol. The van der Waals surface area contributed by atoms with Gasteiger partial charge in [-0.2, -0.15) is 0 Å². The Kier molecular flexibility index (Phi) is 5.26. The zero-order chi connectivity index (χ0) is 19.6. The number of hydrogen-bond acceptors (Lipinski definition) is 5. The number of nitrogens with zero attached hydrogens (tertiary/aromatic N) is 1. The third kappa shape index (κ3) is 3.46. The molecule has 5 nitrogen and oxygen atoms in total. The van der Waals surface area contributed by atoms with E-state index in [0.717, 1.165) is 5.56 Å². The second kappa shape index (κ2) is 7.83. The van der Waals surface area contributed by atoms with Crippen molar-refractivity contribution < 1.29 is 23.5 Å². The van der Waals surface area contributed by atoms with Crippen molar-refractivity contribution in [3.63, 3.8) is 0 Å². The van der Waals surface area contributed by atoms with Crippen LogP contribution in [0.4, 0.5) is 4.39 Å². The van der Waals surface area contributed by atoms with Gasteiger partial charge in [0.05, 0.1) is 0 Å². The van der Waals surface area contributed by atoms with Gasteiger partial charge in [0, 0.05) is 12.2 Å². The fraction of sp³-hybridized carbons (Fsp3) is 0.333. The minimum Gasteiger partial charge on any atom is -0.490 e. The highest BCUT2D eigenvalue weighted by atomic mass is 32.2. The van der Waals surface area contributed by atoms with Gasteiger partial charge in [0.2, 0.25) is 5.91 Å². The first-order chi connectivity index (χ1) is 13.6. The highest BCUT2D eigenvalue weighted by Gasteiger charge is 2.57. The van der Waals surface area contributed by atoms with Gasteiger partial charge in [0.15, 0.2) is 0 Å². The molecule has 0 radical (unpaired) electrons. The third-order valence-electron chi connectivity index (χ3n) is 5.03. The van der Waals surface area contributed by atoms with Crippen LogP contribution in [0.3, 0.4) is 0 Å². The molecule has 2 heterocycles. The summed E-state index contributed by atoms with van der Waals surface area (Å²) in [6.07, 6.45) is 1.12. The predicted molar refractivity (Wildman–Crippen MR) is 103 cm³/mol. The van der Waals surface area contributed by atoms with E-state index in [1.54, 1.807) is 16.7 Å². The molecule has 0 unspecified atom stereocenters. The summed E-state index contributed by atoms with van der Waals surface area (Å²) in [6, 6.07) is 14.9. The first kappa shape index (κ1) is 18.8. The van der Waals surface area contributed by atoms with Gasteiger partial charge < -0.3 is 14.4 Å². The van der Waals surface area contributed by atoms with E-state index in [2.05, 4.69) is 0 Å². The molecule has 2 fully saturated rings. The quantitative estimate of drug-likeness (QED) is 0.549. The zero-order valence-corrected chi connectivity index (χ0v) is 16.0. The number of hydrogen-bond donors (Lipinski definition) is 0. The summed E-state index contributed by atoms with van der Waals surface area (Å²) in [5.41, 5.74) is 1.04. The zero-order valence-electron chi connectivity index (χ0n) is 15.2. The number of carbonyl (C=O) groups excluding carboxylic acids is 2. The van der Waals surface area contributed by atoms with E-state index in [1.165, 1.54) is 24.3 Å². The van der Waals surface area contributed by atoms with Gasteiger partial charge in [0.25, 0.3) is 0 Å². The molecule has 146 valence electrons. The Morgan fingerprint density at radius 1 is 1.14 bits per heavy atom. The van der Waals surface area contributed by atoms with Crippen molar-refractivity contribution in [2.45, 2.75) is 23.8 Å². The normalized spacial score (nSPS) is 23.5. The number of fused-ring (bicyclic) bond motifs is 1. The van der Waals surface area contributed by atoms with E-state index in [1.807, 2.05) is 30.3 Å². The molecule has 0 N–H and O–H groups in total. The van der Waals surface area contributed by atoms with E-state index in [0.29, 0.717) is 24.3 Å². The molecule has 2 aromatic carbocycles. The van der Waals surface area contributed by atoms with Crippen molar-refractivity contribution >= 4 is 23.6 Å².